The number of carbonyl (C=O) groups excluding carboxylic acids is 1. The van der Waals surface area contributed by atoms with Crippen LogP contribution in [0.5, 0.6) is 5.75 Å². The Bertz CT molecular complexity index is 595. The number of rotatable bonds is 1. The van der Waals surface area contributed by atoms with Crippen LogP contribution in [0.25, 0.3) is 0 Å². The van der Waals surface area contributed by atoms with Crippen LogP contribution in [-0.4, -0.2) is 5.97 Å². The number of ether oxygens (including phenoxy) is 1. The second-order valence-electron chi connectivity index (χ2n) is 4.05. The van der Waals surface area contributed by atoms with Gasteiger partial charge in [0, 0.05) is 5.02 Å². The maximum absolute atomic E-state index is 11.9. The molecule has 1 aliphatic rings. The van der Waals surface area contributed by atoms with E-state index < -0.39 is 6.04 Å². The molecular weight excluding hydrogens is 250 g/mol. The van der Waals surface area contributed by atoms with Crippen molar-refractivity contribution in [3.8, 4) is 5.75 Å². The summed E-state index contributed by atoms with van der Waals surface area (Å²) in [4.78, 5) is 11.9. The van der Waals surface area contributed by atoms with Crippen molar-refractivity contribution in [3.05, 3.63) is 59.1 Å². The van der Waals surface area contributed by atoms with E-state index >= 15 is 0 Å². The van der Waals surface area contributed by atoms with Gasteiger partial charge in [-0.2, -0.15) is 0 Å². The number of halogens is 1. The minimum Gasteiger partial charge on any atom is -0.423 e. The van der Waals surface area contributed by atoms with Crippen LogP contribution in [0.1, 0.15) is 11.6 Å². The molecule has 1 atom stereocenters. The standard InChI is InChI=1S/C14H10ClNO2/c15-10-7-5-9(6-8-10)13-14(17)18-12-4-2-1-3-11(12)16-13/h1-8,13,16H/t13-/m0/s1. The lowest BCUT2D eigenvalue weighted by Gasteiger charge is -2.25. The van der Waals surface area contributed by atoms with Crippen LogP contribution in [0, 0.1) is 0 Å². The predicted octanol–water partition coefficient (Wildman–Crippen LogP) is 3.41. The van der Waals surface area contributed by atoms with Crippen molar-refractivity contribution in [2.45, 2.75) is 6.04 Å². The Morgan fingerprint density at radius 1 is 1.06 bits per heavy atom. The quantitative estimate of drug-likeness (QED) is 0.630. The Balaban J connectivity index is 1.95. The minimum absolute atomic E-state index is 0.309. The molecule has 1 heterocycles. The van der Waals surface area contributed by atoms with Gasteiger partial charge in [0.25, 0.3) is 0 Å². The fourth-order valence-electron chi connectivity index (χ4n) is 1.93. The minimum atomic E-state index is -0.489. The molecular formula is C14H10ClNO2. The van der Waals surface area contributed by atoms with Crippen molar-refractivity contribution in [2.24, 2.45) is 0 Å². The fraction of sp³-hybridized carbons (Fsp3) is 0.0714. The zero-order valence-electron chi connectivity index (χ0n) is 9.39. The van der Waals surface area contributed by atoms with Crippen molar-refractivity contribution in [3.63, 3.8) is 0 Å². The Hall–Kier alpha value is -2.00. The molecule has 0 aromatic heterocycles. The summed E-state index contributed by atoms with van der Waals surface area (Å²) < 4.78 is 5.29. The van der Waals surface area contributed by atoms with Crippen molar-refractivity contribution in [1.82, 2.24) is 0 Å². The number of nitrogens with one attached hydrogen (secondary N) is 1. The molecule has 0 saturated heterocycles. The first-order valence-corrected chi connectivity index (χ1v) is 5.94. The normalized spacial score (nSPS) is 17.6. The lowest BCUT2D eigenvalue weighted by molar-refractivity contribution is -0.136. The van der Waals surface area contributed by atoms with Gasteiger partial charge in [0.05, 0.1) is 5.69 Å². The number of benzene rings is 2. The molecule has 3 rings (SSSR count). The summed E-state index contributed by atoms with van der Waals surface area (Å²) in [5, 5.41) is 3.81. The first kappa shape index (κ1) is 11.1. The first-order valence-electron chi connectivity index (χ1n) is 5.57. The van der Waals surface area contributed by atoms with Gasteiger partial charge in [-0.25, -0.2) is 4.79 Å². The molecule has 0 aliphatic carbocycles. The molecule has 1 aliphatic heterocycles. The summed E-state index contributed by atoms with van der Waals surface area (Å²) in [7, 11) is 0. The number of hydrogen-bond acceptors (Lipinski definition) is 3. The molecule has 0 bridgehead atoms. The third-order valence-corrected chi connectivity index (χ3v) is 3.09. The van der Waals surface area contributed by atoms with Crippen LogP contribution in [0.15, 0.2) is 48.5 Å². The lowest BCUT2D eigenvalue weighted by Crippen LogP contribution is -2.29. The average molecular weight is 260 g/mol. The third-order valence-electron chi connectivity index (χ3n) is 2.84. The van der Waals surface area contributed by atoms with E-state index in [2.05, 4.69) is 5.32 Å². The smallest absolute Gasteiger partial charge is 0.338 e. The summed E-state index contributed by atoms with van der Waals surface area (Å²) in [6.45, 7) is 0. The van der Waals surface area contributed by atoms with Gasteiger partial charge >= 0.3 is 5.97 Å². The Morgan fingerprint density at radius 2 is 1.78 bits per heavy atom. The zero-order chi connectivity index (χ0) is 12.5. The van der Waals surface area contributed by atoms with Gasteiger partial charge in [-0.15, -0.1) is 0 Å². The largest absolute Gasteiger partial charge is 0.423 e. The van der Waals surface area contributed by atoms with E-state index in [1.54, 1.807) is 18.2 Å². The van der Waals surface area contributed by atoms with Crippen molar-refractivity contribution < 1.29 is 9.53 Å². The highest BCUT2D eigenvalue weighted by atomic mass is 35.5. The van der Waals surface area contributed by atoms with E-state index in [4.69, 9.17) is 16.3 Å². The summed E-state index contributed by atoms with van der Waals surface area (Å²) >= 11 is 5.83. The van der Waals surface area contributed by atoms with E-state index in [1.807, 2.05) is 30.3 Å². The molecule has 0 fully saturated rings. The Kier molecular flexibility index (Phi) is 2.68. The number of fused-ring (bicyclic) bond motifs is 1. The SMILES string of the molecule is O=C1Oc2ccccc2N[C@H]1c1ccc(Cl)cc1. The Labute approximate surface area is 109 Å². The second kappa shape index (κ2) is 4.35. The van der Waals surface area contributed by atoms with E-state index in [0.29, 0.717) is 10.8 Å². The molecule has 0 radical (unpaired) electrons. The molecule has 4 heteroatoms. The third kappa shape index (κ3) is 1.93. The van der Waals surface area contributed by atoms with Gasteiger partial charge in [-0.05, 0) is 29.8 Å². The van der Waals surface area contributed by atoms with E-state index in [0.717, 1.165) is 11.3 Å². The molecule has 0 unspecified atom stereocenters. The molecule has 3 nitrogen and oxygen atoms in total. The molecule has 90 valence electrons. The van der Waals surface area contributed by atoms with Crippen LogP contribution < -0.4 is 10.1 Å². The highest BCUT2D eigenvalue weighted by Crippen LogP contribution is 2.34. The van der Waals surface area contributed by atoms with Gasteiger partial charge in [0.2, 0.25) is 0 Å². The lowest BCUT2D eigenvalue weighted by atomic mass is 10.1. The van der Waals surface area contributed by atoms with Crippen LogP contribution in [0.2, 0.25) is 5.02 Å². The highest BCUT2D eigenvalue weighted by Gasteiger charge is 2.28. The topological polar surface area (TPSA) is 38.3 Å². The van der Waals surface area contributed by atoms with Gasteiger partial charge in [-0.3, -0.25) is 0 Å². The van der Waals surface area contributed by atoms with Gasteiger partial charge in [0.1, 0.15) is 0 Å². The summed E-state index contributed by atoms with van der Waals surface area (Å²) in [5.74, 6) is 0.253. The average Bonchev–Trinajstić information content (AvgIpc) is 2.39. The molecule has 0 saturated carbocycles. The van der Waals surface area contributed by atoms with E-state index in [-0.39, 0.29) is 5.97 Å². The maximum Gasteiger partial charge on any atom is 0.338 e. The van der Waals surface area contributed by atoms with Crippen LogP contribution in [0.4, 0.5) is 5.69 Å². The van der Waals surface area contributed by atoms with Crippen LogP contribution in [0.3, 0.4) is 0 Å². The van der Waals surface area contributed by atoms with Crippen LogP contribution in [-0.2, 0) is 4.79 Å². The van der Waals surface area contributed by atoms with Crippen molar-refractivity contribution >= 4 is 23.3 Å². The predicted molar refractivity (Wildman–Crippen MR) is 69.9 cm³/mol. The molecule has 1 N–H and O–H groups in total. The van der Waals surface area contributed by atoms with E-state index in [1.165, 1.54) is 0 Å². The monoisotopic (exact) mass is 259 g/mol. The summed E-state index contributed by atoms with van der Waals surface area (Å²) in [5.41, 5.74) is 1.65. The van der Waals surface area contributed by atoms with Gasteiger partial charge < -0.3 is 10.1 Å². The Morgan fingerprint density at radius 3 is 2.56 bits per heavy atom. The number of anilines is 1. The first-order chi connectivity index (χ1) is 8.74. The summed E-state index contributed by atoms with van der Waals surface area (Å²) in [6.07, 6.45) is 0. The second-order valence-corrected chi connectivity index (χ2v) is 4.48. The van der Waals surface area contributed by atoms with E-state index in [9.17, 15) is 4.79 Å². The zero-order valence-corrected chi connectivity index (χ0v) is 10.1. The van der Waals surface area contributed by atoms with Crippen LogP contribution >= 0.6 is 11.6 Å². The van der Waals surface area contributed by atoms with Crippen molar-refractivity contribution in [1.29, 1.82) is 0 Å². The highest BCUT2D eigenvalue weighted by molar-refractivity contribution is 6.30. The molecule has 0 spiro atoms. The number of esters is 1. The molecule has 0 amide bonds. The maximum atomic E-state index is 11.9. The number of carbonyl (C=O) groups is 1. The van der Waals surface area contributed by atoms with Crippen molar-refractivity contribution in [2.75, 3.05) is 5.32 Å². The summed E-state index contributed by atoms with van der Waals surface area (Å²) in [6, 6.07) is 14.0. The van der Waals surface area contributed by atoms with Gasteiger partial charge in [-0.1, -0.05) is 35.9 Å². The number of para-hydroxylation sites is 2. The molecule has 2 aromatic rings. The number of hydrogen-bond donors (Lipinski definition) is 1. The molecule has 2 aromatic carbocycles. The fourth-order valence-corrected chi connectivity index (χ4v) is 2.06. The van der Waals surface area contributed by atoms with Gasteiger partial charge in [0.15, 0.2) is 11.8 Å². The molecule has 18 heavy (non-hydrogen) atoms.